The van der Waals surface area contributed by atoms with E-state index in [9.17, 15) is 4.79 Å². The van der Waals surface area contributed by atoms with E-state index in [1.807, 2.05) is 61.6 Å². The average molecular weight is 268 g/mol. The maximum absolute atomic E-state index is 12.1. The van der Waals surface area contributed by atoms with E-state index in [1.54, 1.807) is 4.90 Å². The lowest BCUT2D eigenvalue weighted by Crippen LogP contribution is -2.26. The van der Waals surface area contributed by atoms with Crippen molar-refractivity contribution < 1.29 is 4.79 Å². The first-order valence-corrected chi connectivity index (χ1v) is 6.77. The van der Waals surface area contributed by atoms with Gasteiger partial charge in [0.2, 0.25) is 5.91 Å². The van der Waals surface area contributed by atoms with E-state index < -0.39 is 0 Å². The first-order valence-electron chi connectivity index (χ1n) is 6.77. The number of anilines is 1. The molecule has 0 saturated heterocycles. The fourth-order valence-electron chi connectivity index (χ4n) is 2.07. The largest absolute Gasteiger partial charge is 0.399 e. The maximum atomic E-state index is 12.1. The van der Waals surface area contributed by atoms with Gasteiger partial charge in [0.15, 0.2) is 0 Å². The van der Waals surface area contributed by atoms with Crippen LogP contribution in [0.3, 0.4) is 0 Å². The summed E-state index contributed by atoms with van der Waals surface area (Å²) in [6.07, 6.45) is 1.32. The van der Waals surface area contributed by atoms with Gasteiger partial charge in [0.1, 0.15) is 0 Å². The highest BCUT2D eigenvalue weighted by molar-refractivity contribution is 5.76. The molecule has 0 aliphatic rings. The Bertz CT molecular complexity index is 549. The highest BCUT2D eigenvalue weighted by Crippen LogP contribution is 2.09. The molecule has 20 heavy (non-hydrogen) atoms. The molecule has 3 heteroatoms. The highest BCUT2D eigenvalue weighted by Gasteiger charge is 2.09. The fraction of sp³-hybridized carbons (Fsp3) is 0.235. The number of amides is 1. The predicted molar refractivity (Wildman–Crippen MR) is 82.1 cm³/mol. The molecule has 0 radical (unpaired) electrons. The van der Waals surface area contributed by atoms with Gasteiger partial charge in [0, 0.05) is 25.7 Å². The van der Waals surface area contributed by atoms with E-state index in [1.165, 1.54) is 5.56 Å². The van der Waals surface area contributed by atoms with Crippen LogP contribution in [-0.4, -0.2) is 17.9 Å². The monoisotopic (exact) mass is 268 g/mol. The third-order valence-corrected chi connectivity index (χ3v) is 3.30. The zero-order valence-electron chi connectivity index (χ0n) is 11.8. The van der Waals surface area contributed by atoms with Gasteiger partial charge in [-0.25, -0.2) is 0 Å². The Morgan fingerprint density at radius 3 is 2.30 bits per heavy atom. The van der Waals surface area contributed by atoms with Gasteiger partial charge in [-0.2, -0.15) is 0 Å². The third-order valence-electron chi connectivity index (χ3n) is 3.30. The summed E-state index contributed by atoms with van der Waals surface area (Å²) in [6, 6.07) is 17.7. The number of carbonyl (C=O) groups excluding carboxylic acids is 1. The van der Waals surface area contributed by atoms with E-state index in [0.717, 1.165) is 17.7 Å². The van der Waals surface area contributed by atoms with Crippen molar-refractivity contribution in [1.82, 2.24) is 4.90 Å². The average Bonchev–Trinajstić information content (AvgIpc) is 2.48. The second-order valence-electron chi connectivity index (χ2n) is 4.98. The molecule has 0 aromatic heterocycles. The Balaban J connectivity index is 1.84. The van der Waals surface area contributed by atoms with Gasteiger partial charge in [-0.05, 0) is 29.7 Å². The van der Waals surface area contributed by atoms with Crippen molar-refractivity contribution in [3.8, 4) is 0 Å². The first kappa shape index (κ1) is 14.1. The molecule has 2 rings (SSSR count). The van der Waals surface area contributed by atoms with Gasteiger partial charge < -0.3 is 10.6 Å². The van der Waals surface area contributed by atoms with Crippen LogP contribution in [0.4, 0.5) is 5.69 Å². The second-order valence-corrected chi connectivity index (χ2v) is 4.98. The van der Waals surface area contributed by atoms with Gasteiger partial charge >= 0.3 is 0 Å². The molecule has 0 aliphatic carbocycles. The fourth-order valence-corrected chi connectivity index (χ4v) is 2.07. The quantitative estimate of drug-likeness (QED) is 0.848. The summed E-state index contributed by atoms with van der Waals surface area (Å²) in [7, 11) is 1.84. The van der Waals surface area contributed by atoms with Crippen LogP contribution in [0.1, 0.15) is 17.5 Å². The second kappa shape index (κ2) is 6.75. The lowest BCUT2D eigenvalue weighted by Gasteiger charge is -2.17. The van der Waals surface area contributed by atoms with E-state index in [0.29, 0.717) is 13.0 Å². The zero-order valence-corrected chi connectivity index (χ0v) is 11.8. The number of aryl methyl sites for hydroxylation is 1. The van der Waals surface area contributed by atoms with Crippen molar-refractivity contribution in [2.24, 2.45) is 0 Å². The van der Waals surface area contributed by atoms with Crippen LogP contribution in [0.25, 0.3) is 0 Å². The number of nitrogen functional groups attached to an aromatic ring is 1. The summed E-state index contributed by atoms with van der Waals surface area (Å²) < 4.78 is 0. The topological polar surface area (TPSA) is 46.3 Å². The number of nitrogens with two attached hydrogens (primary N) is 1. The standard InChI is InChI=1S/C17H20N2O/c1-19(13-15-7-10-16(18)11-8-15)17(20)12-9-14-5-3-2-4-6-14/h2-8,10-11H,9,12-13,18H2,1H3. The van der Waals surface area contributed by atoms with Crippen molar-refractivity contribution in [1.29, 1.82) is 0 Å². The van der Waals surface area contributed by atoms with Crippen molar-refractivity contribution in [3.63, 3.8) is 0 Å². The van der Waals surface area contributed by atoms with Crippen LogP contribution in [0.15, 0.2) is 54.6 Å². The number of rotatable bonds is 5. The highest BCUT2D eigenvalue weighted by atomic mass is 16.2. The number of benzene rings is 2. The van der Waals surface area contributed by atoms with Crippen LogP contribution < -0.4 is 5.73 Å². The van der Waals surface area contributed by atoms with Crippen LogP contribution in [0.5, 0.6) is 0 Å². The van der Waals surface area contributed by atoms with E-state index in [-0.39, 0.29) is 5.91 Å². The van der Waals surface area contributed by atoms with E-state index in [2.05, 4.69) is 0 Å². The summed E-state index contributed by atoms with van der Waals surface area (Å²) >= 11 is 0. The molecule has 0 heterocycles. The van der Waals surface area contributed by atoms with Crippen molar-refractivity contribution in [3.05, 3.63) is 65.7 Å². The minimum absolute atomic E-state index is 0.158. The Hall–Kier alpha value is -2.29. The van der Waals surface area contributed by atoms with Gasteiger partial charge in [-0.1, -0.05) is 42.5 Å². The van der Waals surface area contributed by atoms with Crippen LogP contribution in [0.2, 0.25) is 0 Å². The minimum atomic E-state index is 0.158. The molecule has 3 nitrogen and oxygen atoms in total. The molecule has 0 atom stereocenters. The van der Waals surface area contributed by atoms with E-state index >= 15 is 0 Å². The summed E-state index contributed by atoms with van der Waals surface area (Å²) in [5.74, 6) is 0.158. The van der Waals surface area contributed by atoms with Crippen LogP contribution in [0, 0.1) is 0 Å². The summed E-state index contributed by atoms with van der Waals surface area (Å²) in [5.41, 5.74) is 8.68. The van der Waals surface area contributed by atoms with E-state index in [4.69, 9.17) is 5.73 Å². The molecule has 0 saturated carbocycles. The minimum Gasteiger partial charge on any atom is -0.399 e. The number of hydrogen-bond donors (Lipinski definition) is 1. The maximum Gasteiger partial charge on any atom is 0.222 e. The zero-order chi connectivity index (χ0) is 14.4. The van der Waals surface area contributed by atoms with Crippen molar-refractivity contribution >= 4 is 11.6 Å². The molecule has 104 valence electrons. The molecule has 0 aliphatic heterocycles. The summed E-state index contributed by atoms with van der Waals surface area (Å²) in [5, 5.41) is 0. The Labute approximate surface area is 120 Å². The number of hydrogen-bond acceptors (Lipinski definition) is 2. The molecule has 0 unspecified atom stereocenters. The molecule has 1 amide bonds. The van der Waals surface area contributed by atoms with Gasteiger partial charge in [-0.15, -0.1) is 0 Å². The van der Waals surface area contributed by atoms with Crippen molar-refractivity contribution in [2.45, 2.75) is 19.4 Å². The Morgan fingerprint density at radius 2 is 1.65 bits per heavy atom. The third kappa shape index (κ3) is 4.12. The number of nitrogens with zero attached hydrogens (tertiary/aromatic N) is 1. The summed E-state index contributed by atoms with van der Waals surface area (Å²) in [4.78, 5) is 13.8. The lowest BCUT2D eigenvalue weighted by atomic mass is 10.1. The van der Waals surface area contributed by atoms with Crippen molar-refractivity contribution in [2.75, 3.05) is 12.8 Å². The summed E-state index contributed by atoms with van der Waals surface area (Å²) in [6.45, 7) is 0.619. The van der Waals surface area contributed by atoms with Crippen LogP contribution >= 0.6 is 0 Å². The smallest absolute Gasteiger partial charge is 0.222 e. The Morgan fingerprint density at radius 1 is 1.00 bits per heavy atom. The van der Waals surface area contributed by atoms with Gasteiger partial charge in [-0.3, -0.25) is 4.79 Å². The number of carbonyl (C=O) groups is 1. The molecular formula is C17H20N2O. The molecule has 0 spiro atoms. The molecule has 0 fully saturated rings. The normalized spacial score (nSPS) is 10.2. The van der Waals surface area contributed by atoms with Gasteiger partial charge in [0.25, 0.3) is 0 Å². The molecule has 2 N–H and O–H groups in total. The first-order chi connectivity index (χ1) is 9.65. The predicted octanol–water partition coefficient (Wildman–Crippen LogP) is 2.86. The van der Waals surface area contributed by atoms with Gasteiger partial charge in [0.05, 0.1) is 0 Å². The molecule has 2 aromatic carbocycles. The SMILES string of the molecule is CN(Cc1ccc(N)cc1)C(=O)CCc1ccccc1. The molecular weight excluding hydrogens is 248 g/mol. The Kier molecular flexibility index (Phi) is 4.77. The van der Waals surface area contributed by atoms with Crippen LogP contribution in [-0.2, 0) is 17.8 Å². The lowest BCUT2D eigenvalue weighted by molar-refractivity contribution is -0.130. The molecule has 2 aromatic rings. The molecule has 0 bridgehead atoms.